The number of aromatic nitrogens is 3. The zero-order valence-corrected chi connectivity index (χ0v) is 11.2. The van der Waals surface area contributed by atoms with Crippen LogP contribution in [0.4, 0.5) is 0 Å². The number of benzene rings is 1. The van der Waals surface area contributed by atoms with E-state index in [-0.39, 0.29) is 5.78 Å². The monoisotopic (exact) mass is 267 g/mol. The molecule has 0 fully saturated rings. The van der Waals surface area contributed by atoms with Gasteiger partial charge in [0.25, 0.3) is 0 Å². The van der Waals surface area contributed by atoms with Gasteiger partial charge >= 0.3 is 0 Å². The van der Waals surface area contributed by atoms with E-state index in [1.54, 1.807) is 19.3 Å². The van der Waals surface area contributed by atoms with Crippen molar-refractivity contribution in [2.75, 3.05) is 7.11 Å². The van der Waals surface area contributed by atoms with Gasteiger partial charge in [-0.15, -0.1) is 0 Å². The van der Waals surface area contributed by atoms with Crippen LogP contribution < -0.4 is 4.74 Å². The van der Waals surface area contributed by atoms with Crippen molar-refractivity contribution >= 4 is 16.7 Å². The molecule has 0 aliphatic carbocycles. The molecule has 0 unspecified atom stereocenters. The van der Waals surface area contributed by atoms with Gasteiger partial charge in [0, 0.05) is 18.6 Å². The smallest absolute Gasteiger partial charge is 0.217 e. The van der Waals surface area contributed by atoms with Gasteiger partial charge in [0.2, 0.25) is 5.78 Å². The third-order valence-electron chi connectivity index (χ3n) is 3.22. The highest BCUT2D eigenvalue weighted by Crippen LogP contribution is 2.24. The number of fused-ring (bicyclic) bond motifs is 1. The summed E-state index contributed by atoms with van der Waals surface area (Å²) in [6.45, 7) is 0. The average molecular weight is 267 g/mol. The summed E-state index contributed by atoms with van der Waals surface area (Å²) in [5.74, 6) is 0.316. The first-order chi connectivity index (χ1) is 9.72. The van der Waals surface area contributed by atoms with E-state index in [0.717, 1.165) is 5.39 Å². The third kappa shape index (κ3) is 1.84. The minimum absolute atomic E-state index is 0.147. The number of ketones is 1. The van der Waals surface area contributed by atoms with Crippen LogP contribution in [0.2, 0.25) is 0 Å². The molecule has 0 atom stereocenters. The zero-order chi connectivity index (χ0) is 14.1. The molecule has 2 heterocycles. The van der Waals surface area contributed by atoms with Crippen molar-refractivity contribution in [1.29, 1.82) is 0 Å². The summed E-state index contributed by atoms with van der Waals surface area (Å²) in [5.41, 5.74) is 1.65. The summed E-state index contributed by atoms with van der Waals surface area (Å²) < 4.78 is 6.71. The highest BCUT2D eigenvalue weighted by atomic mass is 16.5. The van der Waals surface area contributed by atoms with Crippen molar-refractivity contribution in [3.8, 4) is 5.75 Å². The van der Waals surface area contributed by atoms with E-state index < -0.39 is 0 Å². The Kier molecular flexibility index (Phi) is 2.95. The maximum absolute atomic E-state index is 12.7. The van der Waals surface area contributed by atoms with Crippen molar-refractivity contribution < 1.29 is 9.53 Å². The average Bonchev–Trinajstić information content (AvgIpc) is 2.87. The van der Waals surface area contributed by atoms with Crippen LogP contribution in [0.15, 0.2) is 42.7 Å². The number of aryl methyl sites for hydroxylation is 1. The van der Waals surface area contributed by atoms with Crippen molar-refractivity contribution in [2.24, 2.45) is 7.05 Å². The molecule has 0 amide bonds. The molecule has 0 N–H and O–H groups in total. The van der Waals surface area contributed by atoms with Gasteiger partial charge in [-0.05, 0) is 12.1 Å². The quantitative estimate of drug-likeness (QED) is 0.683. The van der Waals surface area contributed by atoms with Crippen LogP contribution in [0.3, 0.4) is 0 Å². The van der Waals surface area contributed by atoms with E-state index in [9.17, 15) is 4.79 Å². The zero-order valence-electron chi connectivity index (χ0n) is 11.2. The van der Waals surface area contributed by atoms with Crippen LogP contribution in [0.1, 0.15) is 16.1 Å². The summed E-state index contributed by atoms with van der Waals surface area (Å²) >= 11 is 0. The summed E-state index contributed by atoms with van der Waals surface area (Å²) in [6, 6.07) is 9.32. The van der Waals surface area contributed by atoms with Crippen LogP contribution in [0.25, 0.3) is 10.9 Å². The molecule has 2 aromatic heterocycles. The number of hydrogen-bond acceptors (Lipinski definition) is 4. The standard InChI is InChI=1S/C15H13N3O2/c1-18-14(12(20-2)9-17-18)15(19)11-7-3-5-10-6-4-8-16-13(10)11/h3-9H,1-2H3. The molecule has 20 heavy (non-hydrogen) atoms. The Morgan fingerprint density at radius 3 is 2.85 bits per heavy atom. The Morgan fingerprint density at radius 1 is 1.25 bits per heavy atom. The maximum Gasteiger partial charge on any atom is 0.217 e. The Bertz CT molecular complexity index is 787. The van der Waals surface area contributed by atoms with E-state index >= 15 is 0 Å². The fourth-order valence-electron chi connectivity index (χ4n) is 2.24. The molecule has 100 valence electrons. The normalized spacial score (nSPS) is 10.7. The Labute approximate surface area is 115 Å². The number of rotatable bonds is 3. The fourth-order valence-corrected chi connectivity index (χ4v) is 2.24. The lowest BCUT2D eigenvalue weighted by molar-refractivity contribution is 0.102. The van der Waals surface area contributed by atoms with Gasteiger partial charge in [0.05, 0.1) is 24.4 Å². The van der Waals surface area contributed by atoms with Crippen LogP contribution in [0.5, 0.6) is 5.75 Å². The van der Waals surface area contributed by atoms with Crippen LogP contribution in [-0.4, -0.2) is 27.7 Å². The molecule has 0 bridgehead atoms. The van der Waals surface area contributed by atoms with E-state index in [4.69, 9.17) is 4.74 Å². The summed E-state index contributed by atoms with van der Waals surface area (Å²) in [7, 11) is 3.24. The number of nitrogens with zero attached hydrogens (tertiary/aromatic N) is 3. The van der Waals surface area contributed by atoms with Crippen molar-refractivity contribution in [2.45, 2.75) is 0 Å². The third-order valence-corrected chi connectivity index (χ3v) is 3.22. The predicted octanol–water partition coefficient (Wildman–Crippen LogP) is 2.21. The summed E-state index contributed by atoms with van der Waals surface area (Å²) in [6.07, 6.45) is 3.21. The number of para-hydroxylation sites is 1. The number of carbonyl (C=O) groups is 1. The number of ether oxygens (including phenoxy) is 1. The van der Waals surface area contributed by atoms with Gasteiger partial charge in [-0.1, -0.05) is 18.2 Å². The lowest BCUT2D eigenvalue weighted by atomic mass is 10.0. The number of carbonyl (C=O) groups excluding carboxylic acids is 1. The molecule has 0 radical (unpaired) electrons. The van der Waals surface area contributed by atoms with Gasteiger partial charge in [0.15, 0.2) is 11.4 Å². The first-order valence-corrected chi connectivity index (χ1v) is 6.17. The number of hydrogen-bond donors (Lipinski definition) is 0. The molecular weight excluding hydrogens is 254 g/mol. The van der Waals surface area contributed by atoms with Gasteiger partial charge in [-0.3, -0.25) is 14.5 Å². The number of pyridine rings is 1. The molecule has 0 spiro atoms. The van der Waals surface area contributed by atoms with Gasteiger partial charge in [0.1, 0.15) is 0 Å². The first kappa shape index (κ1) is 12.3. The van der Waals surface area contributed by atoms with E-state index in [1.807, 2.05) is 24.3 Å². The SMILES string of the molecule is COc1cnn(C)c1C(=O)c1cccc2cccnc12. The predicted molar refractivity (Wildman–Crippen MR) is 74.9 cm³/mol. The van der Waals surface area contributed by atoms with Gasteiger partial charge in [-0.2, -0.15) is 5.10 Å². The fraction of sp³-hybridized carbons (Fsp3) is 0.133. The highest BCUT2D eigenvalue weighted by Gasteiger charge is 2.21. The lowest BCUT2D eigenvalue weighted by Gasteiger charge is -2.07. The van der Waals surface area contributed by atoms with Crippen LogP contribution in [-0.2, 0) is 7.05 Å². The largest absolute Gasteiger partial charge is 0.493 e. The molecule has 3 aromatic rings. The first-order valence-electron chi connectivity index (χ1n) is 6.17. The molecule has 1 aromatic carbocycles. The summed E-state index contributed by atoms with van der Waals surface area (Å²) in [5, 5.41) is 4.99. The minimum Gasteiger partial charge on any atom is -0.493 e. The van der Waals surface area contributed by atoms with Crippen LogP contribution >= 0.6 is 0 Å². The Hall–Kier alpha value is -2.69. The number of methoxy groups -OCH3 is 1. The van der Waals surface area contributed by atoms with Gasteiger partial charge < -0.3 is 4.74 Å². The van der Waals surface area contributed by atoms with E-state index in [1.165, 1.54) is 18.0 Å². The van der Waals surface area contributed by atoms with Crippen LogP contribution in [0, 0.1) is 0 Å². The second-order valence-corrected chi connectivity index (χ2v) is 4.39. The molecule has 5 nitrogen and oxygen atoms in total. The second kappa shape index (κ2) is 4.77. The molecular formula is C15H13N3O2. The van der Waals surface area contributed by atoms with E-state index in [0.29, 0.717) is 22.5 Å². The molecule has 0 aliphatic heterocycles. The van der Waals surface area contributed by atoms with Crippen molar-refractivity contribution in [1.82, 2.24) is 14.8 Å². The van der Waals surface area contributed by atoms with E-state index in [2.05, 4.69) is 10.1 Å². The molecule has 3 rings (SSSR count). The Morgan fingerprint density at radius 2 is 2.05 bits per heavy atom. The van der Waals surface area contributed by atoms with Crippen molar-refractivity contribution in [3.05, 3.63) is 54.0 Å². The molecule has 0 saturated carbocycles. The maximum atomic E-state index is 12.7. The highest BCUT2D eigenvalue weighted by molar-refractivity contribution is 6.15. The topological polar surface area (TPSA) is 57.0 Å². The molecule has 0 aliphatic rings. The molecule has 0 saturated heterocycles. The summed E-state index contributed by atoms with van der Waals surface area (Å²) in [4.78, 5) is 17.0. The second-order valence-electron chi connectivity index (χ2n) is 4.39. The lowest BCUT2D eigenvalue weighted by Crippen LogP contribution is -2.10. The Balaban J connectivity index is 2.20. The van der Waals surface area contributed by atoms with Gasteiger partial charge in [-0.25, -0.2) is 0 Å². The molecule has 5 heteroatoms. The van der Waals surface area contributed by atoms with Crippen molar-refractivity contribution in [3.63, 3.8) is 0 Å². The minimum atomic E-state index is -0.147.